The number of fused-ring (bicyclic) bond motifs is 2. The van der Waals surface area contributed by atoms with Gasteiger partial charge in [-0.25, -0.2) is 4.98 Å². The molecule has 2 saturated heterocycles. The molecule has 3 aromatic carbocycles. The van der Waals surface area contributed by atoms with Crippen LogP contribution in [-0.4, -0.2) is 97.2 Å². The lowest BCUT2D eigenvalue weighted by atomic mass is 9.88. The number of nitrogens with one attached hydrogen (secondary N) is 2. The molecule has 50 heavy (non-hydrogen) atoms. The van der Waals surface area contributed by atoms with Crippen molar-refractivity contribution in [3.05, 3.63) is 112 Å². The second-order valence-corrected chi connectivity index (χ2v) is 13.6. The summed E-state index contributed by atoms with van der Waals surface area (Å²) in [5, 5.41) is 6.43. The fourth-order valence-electron chi connectivity index (χ4n) is 6.70. The molecule has 3 amide bonds. The number of imidazole rings is 1. The quantitative estimate of drug-likeness (QED) is 0.255. The first kappa shape index (κ1) is 33.7. The minimum absolute atomic E-state index is 0.0262. The number of nitrogens with zero attached hydrogens (tertiary/aromatic N) is 5. The molecule has 13 heteroatoms. The zero-order valence-corrected chi connectivity index (χ0v) is 29.1. The molecule has 260 valence electrons. The van der Waals surface area contributed by atoms with Gasteiger partial charge >= 0.3 is 0 Å². The van der Waals surface area contributed by atoms with Crippen LogP contribution in [0.3, 0.4) is 0 Å². The van der Waals surface area contributed by atoms with Gasteiger partial charge in [0.05, 0.1) is 41.9 Å². The van der Waals surface area contributed by atoms with E-state index in [1.807, 2.05) is 47.0 Å². The molecular weight excluding hydrogens is 658 g/mol. The second kappa shape index (κ2) is 13.9. The lowest BCUT2D eigenvalue weighted by Gasteiger charge is -2.52. The molecule has 7 rings (SSSR count). The molecule has 0 aliphatic carbocycles. The van der Waals surface area contributed by atoms with Gasteiger partial charge in [0.15, 0.2) is 5.82 Å². The number of hydrogen-bond donors (Lipinski definition) is 2. The first-order valence-electron chi connectivity index (χ1n) is 16.6. The van der Waals surface area contributed by atoms with Crippen LogP contribution in [0.5, 0.6) is 0 Å². The standard InChI is InChI=1S/C37H40ClN7O5/c1-42(2)36(48)26-8-4-25(5-9-26)19-44-14-15-45-32(37(44)22-50-23-37)18-39-33(45)35(47)40-17-24-6-11-28(12-7-24)41-34(46)27-10-13-31(30(38)16-27)43-20-29(21-43)49-3/h4-13,16,18,29H,14-15,17,19-23H2,1-3H3,(H,40,47)(H,41,46). The number of ether oxygens (including phenoxy) is 2. The summed E-state index contributed by atoms with van der Waals surface area (Å²) in [5.74, 6) is -0.167. The average molecular weight is 698 g/mol. The van der Waals surface area contributed by atoms with E-state index in [4.69, 9.17) is 21.1 Å². The number of halogens is 1. The fraction of sp³-hybridized carbons (Fsp3) is 0.351. The lowest BCUT2D eigenvalue weighted by molar-refractivity contribution is -0.162. The molecule has 0 atom stereocenters. The van der Waals surface area contributed by atoms with E-state index in [0.717, 1.165) is 42.1 Å². The van der Waals surface area contributed by atoms with Crippen LogP contribution in [0, 0.1) is 0 Å². The van der Waals surface area contributed by atoms with E-state index >= 15 is 0 Å². The van der Waals surface area contributed by atoms with Gasteiger partial charge in [0.1, 0.15) is 5.54 Å². The van der Waals surface area contributed by atoms with Crippen molar-refractivity contribution in [2.45, 2.75) is 31.3 Å². The van der Waals surface area contributed by atoms with Crippen LogP contribution in [0.4, 0.5) is 11.4 Å². The van der Waals surface area contributed by atoms with Gasteiger partial charge in [-0.15, -0.1) is 0 Å². The highest BCUT2D eigenvalue weighted by atomic mass is 35.5. The van der Waals surface area contributed by atoms with E-state index in [1.165, 1.54) is 0 Å². The molecule has 0 unspecified atom stereocenters. The van der Waals surface area contributed by atoms with Crippen LogP contribution in [0.1, 0.15) is 48.2 Å². The van der Waals surface area contributed by atoms with E-state index < -0.39 is 0 Å². The molecule has 3 aliphatic heterocycles. The Morgan fingerprint density at radius 3 is 2.30 bits per heavy atom. The second-order valence-electron chi connectivity index (χ2n) is 13.2. The third-order valence-electron chi connectivity index (χ3n) is 9.79. The Hall–Kier alpha value is -4.75. The number of hydrogen-bond acceptors (Lipinski definition) is 8. The van der Waals surface area contributed by atoms with E-state index in [0.29, 0.717) is 60.5 Å². The first-order chi connectivity index (χ1) is 24.1. The Morgan fingerprint density at radius 1 is 0.960 bits per heavy atom. The summed E-state index contributed by atoms with van der Waals surface area (Å²) in [4.78, 5) is 49.2. The Kier molecular flexibility index (Phi) is 9.36. The molecule has 4 heterocycles. The zero-order valence-electron chi connectivity index (χ0n) is 28.3. The van der Waals surface area contributed by atoms with E-state index in [9.17, 15) is 14.4 Å². The summed E-state index contributed by atoms with van der Waals surface area (Å²) in [6.07, 6.45) is 2.00. The number of carbonyl (C=O) groups excluding carboxylic acids is 3. The van der Waals surface area contributed by atoms with Crippen molar-refractivity contribution >= 4 is 40.7 Å². The molecule has 2 N–H and O–H groups in total. The largest absolute Gasteiger partial charge is 0.378 e. The Balaban J connectivity index is 0.943. The van der Waals surface area contributed by atoms with Crippen LogP contribution < -0.4 is 15.5 Å². The highest BCUT2D eigenvalue weighted by molar-refractivity contribution is 6.33. The average Bonchev–Trinajstić information content (AvgIpc) is 3.52. The highest BCUT2D eigenvalue weighted by Gasteiger charge is 2.50. The van der Waals surface area contributed by atoms with Gasteiger partial charge in [0.2, 0.25) is 0 Å². The molecule has 12 nitrogen and oxygen atoms in total. The fourth-order valence-corrected chi connectivity index (χ4v) is 7.00. The Morgan fingerprint density at radius 2 is 1.66 bits per heavy atom. The summed E-state index contributed by atoms with van der Waals surface area (Å²) in [6, 6.07) is 20.4. The molecule has 0 saturated carbocycles. The molecule has 3 aliphatic rings. The minimum atomic E-state index is -0.363. The molecule has 0 radical (unpaired) electrons. The number of methoxy groups -OCH3 is 1. The van der Waals surface area contributed by atoms with Crippen molar-refractivity contribution in [2.24, 2.45) is 0 Å². The number of amides is 3. The van der Waals surface area contributed by atoms with Gasteiger partial charge in [0, 0.05) is 77.3 Å². The normalized spacial score (nSPS) is 16.7. The summed E-state index contributed by atoms with van der Waals surface area (Å²) >= 11 is 6.49. The lowest BCUT2D eigenvalue weighted by Crippen LogP contribution is -2.63. The molecule has 1 aromatic heterocycles. The number of rotatable bonds is 10. The van der Waals surface area contributed by atoms with Crippen molar-refractivity contribution in [2.75, 3.05) is 64.3 Å². The number of benzene rings is 3. The predicted molar refractivity (Wildman–Crippen MR) is 190 cm³/mol. The van der Waals surface area contributed by atoms with Crippen molar-refractivity contribution in [1.29, 1.82) is 0 Å². The third-order valence-corrected chi connectivity index (χ3v) is 10.1. The number of anilines is 2. The van der Waals surface area contributed by atoms with Crippen LogP contribution in [0.15, 0.2) is 72.9 Å². The van der Waals surface area contributed by atoms with Crippen LogP contribution >= 0.6 is 11.6 Å². The van der Waals surface area contributed by atoms with Crippen LogP contribution in [0.25, 0.3) is 0 Å². The maximum Gasteiger partial charge on any atom is 0.287 e. The van der Waals surface area contributed by atoms with Gasteiger partial charge in [-0.1, -0.05) is 35.9 Å². The summed E-state index contributed by atoms with van der Waals surface area (Å²) in [7, 11) is 5.18. The van der Waals surface area contributed by atoms with Gasteiger partial charge in [-0.05, 0) is 53.6 Å². The topological polar surface area (TPSA) is 121 Å². The maximum absolute atomic E-state index is 13.3. The molecule has 4 aromatic rings. The van der Waals surface area contributed by atoms with Gasteiger partial charge in [0.25, 0.3) is 17.7 Å². The Labute approximate surface area is 295 Å². The molecular formula is C37H40ClN7O5. The van der Waals surface area contributed by atoms with Crippen LogP contribution in [0.2, 0.25) is 5.02 Å². The predicted octanol–water partition coefficient (Wildman–Crippen LogP) is 4.00. The van der Waals surface area contributed by atoms with E-state index in [2.05, 4.69) is 25.4 Å². The van der Waals surface area contributed by atoms with Crippen molar-refractivity contribution in [3.63, 3.8) is 0 Å². The maximum atomic E-state index is 13.3. The van der Waals surface area contributed by atoms with Crippen molar-refractivity contribution in [3.8, 4) is 0 Å². The number of aromatic nitrogens is 2. The molecule has 1 spiro atoms. The first-order valence-corrected chi connectivity index (χ1v) is 17.0. The van der Waals surface area contributed by atoms with Gasteiger partial charge in [-0.2, -0.15) is 0 Å². The van der Waals surface area contributed by atoms with E-state index in [1.54, 1.807) is 56.6 Å². The molecule has 0 bridgehead atoms. The minimum Gasteiger partial charge on any atom is -0.378 e. The molecule has 2 fully saturated rings. The smallest absolute Gasteiger partial charge is 0.287 e. The highest BCUT2D eigenvalue weighted by Crippen LogP contribution is 2.40. The van der Waals surface area contributed by atoms with Crippen LogP contribution in [-0.2, 0) is 34.6 Å². The van der Waals surface area contributed by atoms with Crippen molar-refractivity contribution < 1.29 is 23.9 Å². The summed E-state index contributed by atoms with van der Waals surface area (Å²) in [6.45, 7) is 4.92. The number of carbonyl (C=O) groups is 3. The van der Waals surface area contributed by atoms with E-state index in [-0.39, 0.29) is 29.4 Å². The zero-order chi connectivity index (χ0) is 35.0. The Bertz CT molecular complexity index is 1900. The third kappa shape index (κ3) is 6.47. The SMILES string of the molecule is COC1CN(c2ccc(C(=O)Nc3ccc(CNC(=O)c4ncc5n4CCN(Cc4ccc(C(=O)N(C)C)cc4)C54COC4)cc3)cc2Cl)C1. The van der Waals surface area contributed by atoms with Gasteiger partial charge in [-0.3, -0.25) is 19.3 Å². The van der Waals surface area contributed by atoms with Gasteiger partial charge < -0.3 is 34.5 Å². The van der Waals surface area contributed by atoms with Crippen molar-refractivity contribution in [1.82, 2.24) is 24.7 Å². The summed E-state index contributed by atoms with van der Waals surface area (Å²) in [5.41, 5.74) is 5.23. The summed E-state index contributed by atoms with van der Waals surface area (Å²) < 4.78 is 13.1. The monoisotopic (exact) mass is 697 g/mol.